The van der Waals surface area contributed by atoms with Crippen molar-refractivity contribution in [2.24, 2.45) is 0 Å². The molecular weight excluding hydrogens is 272 g/mol. The van der Waals surface area contributed by atoms with Crippen molar-refractivity contribution in [3.8, 4) is 0 Å². The zero-order valence-corrected chi connectivity index (χ0v) is 12.1. The summed E-state index contributed by atoms with van der Waals surface area (Å²) in [7, 11) is -2.58. The van der Waals surface area contributed by atoms with E-state index in [0.717, 1.165) is 5.69 Å². The SMILES string of the molecule is CNc1ccc(S(=O)(=O)NCCCS(C)=O)cc1. The molecule has 0 saturated carbocycles. The Bertz CT molecular complexity index is 498. The van der Waals surface area contributed by atoms with Gasteiger partial charge in [0, 0.05) is 42.1 Å². The lowest BCUT2D eigenvalue weighted by molar-refractivity contribution is 0.580. The summed E-state index contributed by atoms with van der Waals surface area (Å²) in [6, 6.07) is 6.50. The first kappa shape index (κ1) is 15.1. The number of hydrogen-bond acceptors (Lipinski definition) is 4. The second kappa shape index (κ2) is 6.86. The summed E-state index contributed by atoms with van der Waals surface area (Å²) in [5.74, 6) is 0.501. The third-order valence-corrected chi connectivity index (χ3v) is 4.69. The molecule has 1 unspecified atom stereocenters. The third kappa shape index (κ3) is 4.75. The third-order valence-electron chi connectivity index (χ3n) is 2.35. The van der Waals surface area contributed by atoms with Crippen LogP contribution in [0.15, 0.2) is 29.2 Å². The van der Waals surface area contributed by atoms with E-state index in [9.17, 15) is 12.6 Å². The highest BCUT2D eigenvalue weighted by molar-refractivity contribution is 7.89. The average Bonchev–Trinajstić information content (AvgIpc) is 2.34. The fourth-order valence-corrected chi connectivity index (χ4v) is 2.99. The molecular formula is C11H18N2O3S2. The summed E-state index contributed by atoms with van der Waals surface area (Å²) in [5.41, 5.74) is 0.857. The van der Waals surface area contributed by atoms with E-state index in [-0.39, 0.29) is 4.90 Å². The van der Waals surface area contributed by atoms with Crippen LogP contribution in [0.2, 0.25) is 0 Å². The fraction of sp³-hybridized carbons (Fsp3) is 0.455. The van der Waals surface area contributed by atoms with Gasteiger partial charge in [-0.15, -0.1) is 0 Å². The Balaban J connectivity index is 2.59. The molecule has 0 aliphatic carbocycles. The van der Waals surface area contributed by atoms with Crippen LogP contribution in [0.4, 0.5) is 5.69 Å². The van der Waals surface area contributed by atoms with E-state index in [1.54, 1.807) is 37.6 Å². The van der Waals surface area contributed by atoms with Crippen LogP contribution in [0.25, 0.3) is 0 Å². The number of sulfonamides is 1. The van der Waals surface area contributed by atoms with Crippen molar-refractivity contribution in [3.05, 3.63) is 24.3 Å². The van der Waals surface area contributed by atoms with Crippen molar-refractivity contribution in [1.29, 1.82) is 0 Å². The number of hydrogen-bond donors (Lipinski definition) is 2. The molecule has 18 heavy (non-hydrogen) atoms. The van der Waals surface area contributed by atoms with E-state index in [0.29, 0.717) is 18.7 Å². The highest BCUT2D eigenvalue weighted by Gasteiger charge is 2.12. The second-order valence-electron chi connectivity index (χ2n) is 3.80. The zero-order valence-electron chi connectivity index (χ0n) is 10.5. The van der Waals surface area contributed by atoms with Crippen LogP contribution in [-0.2, 0) is 20.8 Å². The molecule has 1 aromatic rings. The highest BCUT2D eigenvalue weighted by atomic mass is 32.2. The maximum Gasteiger partial charge on any atom is 0.240 e. The average molecular weight is 290 g/mol. The summed E-state index contributed by atoms with van der Waals surface area (Å²) in [4.78, 5) is 0.235. The number of nitrogens with one attached hydrogen (secondary N) is 2. The van der Waals surface area contributed by atoms with Crippen LogP contribution in [-0.4, -0.2) is 38.2 Å². The molecule has 0 spiro atoms. The maximum absolute atomic E-state index is 11.9. The van der Waals surface area contributed by atoms with Crippen LogP contribution in [0, 0.1) is 0 Å². The molecule has 1 aromatic carbocycles. The molecule has 0 saturated heterocycles. The Hall–Kier alpha value is -0.920. The van der Waals surface area contributed by atoms with E-state index in [1.165, 1.54) is 0 Å². The molecule has 102 valence electrons. The van der Waals surface area contributed by atoms with Gasteiger partial charge in [0.2, 0.25) is 10.0 Å². The van der Waals surface area contributed by atoms with Crippen LogP contribution in [0.5, 0.6) is 0 Å². The first-order valence-corrected chi connectivity index (χ1v) is 8.74. The molecule has 0 bridgehead atoms. The van der Waals surface area contributed by atoms with Crippen molar-refractivity contribution in [2.75, 3.05) is 30.9 Å². The Morgan fingerprint density at radius 1 is 1.22 bits per heavy atom. The van der Waals surface area contributed by atoms with Crippen LogP contribution >= 0.6 is 0 Å². The Morgan fingerprint density at radius 2 is 1.83 bits per heavy atom. The maximum atomic E-state index is 11.9. The fourth-order valence-electron chi connectivity index (χ4n) is 1.37. The molecule has 5 nitrogen and oxygen atoms in total. The summed E-state index contributed by atoms with van der Waals surface area (Å²) >= 11 is 0. The quantitative estimate of drug-likeness (QED) is 0.728. The minimum Gasteiger partial charge on any atom is -0.388 e. The van der Waals surface area contributed by atoms with Crippen molar-refractivity contribution in [2.45, 2.75) is 11.3 Å². The van der Waals surface area contributed by atoms with Crippen molar-refractivity contribution < 1.29 is 12.6 Å². The lowest BCUT2D eigenvalue weighted by atomic mass is 10.3. The predicted octanol–water partition coefficient (Wildman–Crippen LogP) is 0.775. The van der Waals surface area contributed by atoms with Gasteiger partial charge in [-0.2, -0.15) is 0 Å². The molecule has 2 N–H and O–H groups in total. The van der Waals surface area contributed by atoms with Gasteiger partial charge in [-0.25, -0.2) is 13.1 Å². The number of benzene rings is 1. The Labute approximate surface area is 110 Å². The number of anilines is 1. The predicted molar refractivity (Wildman–Crippen MR) is 74.7 cm³/mol. The van der Waals surface area contributed by atoms with Gasteiger partial charge < -0.3 is 5.32 Å². The lowest BCUT2D eigenvalue weighted by Crippen LogP contribution is -2.25. The monoisotopic (exact) mass is 290 g/mol. The van der Waals surface area contributed by atoms with Gasteiger partial charge in [0.1, 0.15) is 0 Å². The highest BCUT2D eigenvalue weighted by Crippen LogP contribution is 2.13. The van der Waals surface area contributed by atoms with Crippen LogP contribution in [0.1, 0.15) is 6.42 Å². The number of rotatable bonds is 7. The summed E-state index contributed by atoms with van der Waals surface area (Å²) in [5, 5.41) is 2.92. The molecule has 1 atom stereocenters. The molecule has 1 rings (SSSR count). The van der Waals surface area contributed by atoms with Gasteiger partial charge >= 0.3 is 0 Å². The van der Waals surface area contributed by atoms with E-state index in [1.807, 2.05) is 0 Å². The van der Waals surface area contributed by atoms with Gasteiger partial charge in [0.25, 0.3) is 0 Å². The molecule has 0 fully saturated rings. The molecule has 0 amide bonds. The molecule has 7 heteroatoms. The van der Waals surface area contributed by atoms with E-state index in [4.69, 9.17) is 0 Å². The van der Waals surface area contributed by atoms with Crippen LogP contribution < -0.4 is 10.0 Å². The first-order chi connectivity index (χ1) is 8.45. The van der Waals surface area contributed by atoms with Crippen LogP contribution in [0.3, 0.4) is 0 Å². The van der Waals surface area contributed by atoms with Gasteiger partial charge in [-0.1, -0.05) is 0 Å². The largest absolute Gasteiger partial charge is 0.388 e. The zero-order chi connectivity index (χ0) is 13.6. The van der Waals surface area contributed by atoms with E-state index < -0.39 is 20.8 Å². The topological polar surface area (TPSA) is 75.3 Å². The Morgan fingerprint density at radius 3 is 2.33 bits per heavy atom. The minimum atomic E-state index is -3.46. The summed E-state index contributed by atoms with van der Waals surface area (Å²) in [6.07, 6.45) is 2.17. The Kier molecular flexibility index (Phi) is 5.77. The second-order valence-corrected chi connectivity index (χ2v) is 7.12. The molecule has 0 aliphatic rings. The van der Waals surface area contributed by atoms with Gasteiger partial charge in [0.15, 0.2) is 0 Å². The molecule has 0 aliphatic heterocycles. The van der Waals surface area contributed by atoms with Gasteiger partial charge in [0.05, 0.1) is 4.90 Å². The molecule has 0 heterocycles. The standard InChI is InChI=1S/C11H18N2O3S2/c1-12-10-4-6-11(7-5-10)18(15,16)13-8-3-9-17(2)14/h4-7,12-13H,3,8-9H2,1-2H3. The molecule has 0 aromatic heterocycles. The van der Waals surface area contributed by atoms with E-state index >= 15 is 0 Å². The smallest absolute Gasteiger partial charge is 0.240 e. The summed E-state index contributed by atoms with van der Waals surface area (Å²) < 4.78 is 37.1. The van der Waals surface area contributed by atoms with Gasteiger partial charge in [-0.3, -0.25) is 4.21 Å². The lowest BCUT2D eigenvalue weighted by Gasteiger charge is -2.07. The molecule has 0 radical (unpaired) electrons. The van der Waals surface area contributed by atoms with Crippen molar-refractivity contribution in [3.63, 3.8) is 0 Å². The minimum absolute atomic E-state index is 0.235. The summed E-state index contributed by atoms with van der Waals surface area (Å²) in [6.45, 7) is 0.301. The normalized spacial score (nSPS) is 13.2. The first-order valence-electron chi connectivity index (χ1n) is 5.53. The van der Waals surface area contributed by atoms with Gasteiger partial charge in [-0.05, 0) is 30.7 Å². The van der Waals surface area contributed by atoms with Crippen molar-refractivity contribution >= 4 is 26.5 Å². The van der Waals surface area contributed by atoms with E-state index in [2.05, 4.69) is 10.0 Å². The van der Waals surface area contributed by atoms with Crippen molar-refractivity contribution in [1.82, 2.24) is 4.72 Å².